The molecule has 0 saturated carbocycles. The first-order valence-corrected chi connectivity index (χ1v) is 7.24. The smallest absolute Gasteiger partial charge is 0.220 e. The van der Waals surface area contributed by atoms with Crippen LogP contribution in [0.2, 0.25) is 0 Å². The van der Waals surface area contributed by atoms with Gasteiger partial charge in [-0.2, -0.15) is 0 Å². The molecule has 0 bridgehead atoms. The van der Waals surface area contributed by atoms with Crippen molar-refractivity contribution in [3.8, 4) is 5.75 Å². The van der Waals surface area contributed by atoms with Crippen molar-refractivity contribution in [1.82, 2.24) is 10.6 Å². The third-order valence-electron chi connectivity index (χ3n) is 2.88. The van der Waals surface area contributed by atoms with Gasteiger partial charge in [0.15, 0.2) is 5.78 Å². The summed E-state index contributed by atoms with van der Waals surface area (Å²) < 4.78 is 5.52. The zero-order chi connectivity index (χ0) is 16.4. The number of rotatable bonds is 9. The summed E-state index contributed by atoms with van der Waals surface area (Å²) in [5, 5.41) is 5.31. The van der Waals surface area contributed by atoms with Crippen LogP contribution in [0.15, 0.2) is 24.3 Å². The number of ether oxygens (including phenoxy) is 1. The van der Waals surface area contributed by atoms with Crippen LogP contribution >= 0.6 is 0 Å². The minimum atomic E-state index is -0.115. The molecule has 0 aromatic heterocycles. The van der Waals surface area contributed by atoms with E-state index in [4.69, 9.17) is 4.74 Å². The molecule has 0 aliphatic heterocycles. The van der Waals surface area contributed by atoms with Crippen molar-refractivity contribution in [2.45, 2.75) is 26.7 Å². The largest absolute Gasteiger partial charge is 0.494 e. The van der Waals surface area contributed by atoms with Crippen LogP contribution in [0, 0.1) is 0 Å². The average Bonchev–Trinajstić information content (AvgIpc) is 2.48. The van der Waals surface area contributed by atoms with Crippen molar-refractivity contribution in [2.75, 3.05) is 19.7 Å². The molecule has 1 rings (SSSR count). The topological polar surface area (TPSA) is 84.5 Å². The van der Waals surface area contributed by atoms with Crippen molar-refractivity contribution in [2.24, 2.45) is 0 Å². The van der Waals surface area contributed by atoms with Crippen molar-refractivity contribution < 1.29 is 19.1 Å². The molecule has 6 nitrogen and oxygen atoms in total. The lowest BCUT2D eigenvalue weighted by atomic mass is 10.1. The number of Topliss-reactive ketones (excluding diaryl/α,β-unsaturated/α-hetero) is 1. The van der Waals surface area contributed by atoms with Crippen LogP contribution in [-0.2, 0) is 9.59 Å². The molecule has 0 unspecified atom stereocenters. The van der Waals surface area contributed by atoms with E-state index in [-0.39, 0.29) is 17.6 Å². The molecule has 0 aliphatic rings. The molecule has 6 heteroatoms. The van der Waals surface area contributed by atoms with E-state index in [2.05, 4.69) is 10.6 Å². The van der Waals surface area contributed by atoms with Crippen LogP contribution in [0.1, 0.15) is 37.0 Å². The van der Waals surface area contributed by atoms with Gasteiger partial charge in [0.2, 0.25) is 11.8 Å². The zero-order valence-corrected chi connectivity index (χ0v) is 13.0. The Morgan fingerprint density at radius 1 is 1.09 bits per heavy atom. The highest BCUT2D eigenvalue weighted by Gasteiger charge is 2.03. The van der Waals surface area contributed by atoms with Gasteiger partial charge in [-0.15, -0.1) is 0 Å². The Morgan fingerprint density at radius 2 is 1.82 bits per heavy atom. The maximum atomic E-state index is 11.5. The third-order valence-corrected chi connectivity index (χ3v) is 2.88. The molecule has 0 atom stereocenters. The second kappa shape index (κ2) is 9.55. The molecular weight excluding hydrogens is 284 g/mol. The summed E-state index contributed by atoms with van der Waals surface area (Å²) in [4.78, 5) is 33.4. The molecule has 2 N–H and O–H groups in total. The molecule has 22 heavy (non-hydrogen) atoms. The van der Waals surface area contributed by atoms with Gasteiger partial charge in [0.25, 0.3) is 0 Å². The highest BCUT2D eigenvalue weighted by molar-refractivity contribution is 5.94. The van der Waals surface area contributed by atoms with Gasteiger partial charge < -0.3 is 15.4 Å². The Labute approximate surface area is 130 Å². The fourth-order valence-electron chi connectivity index (χ4n) is 1.76. The summed E-state index contributed by atoms with van der Waals surface area (Å²) >= 11 is 0. The molecule has 1 aromatic carbocycles. The summed E-state index contributed by atoms with van der Waals surface area (Å²) in [5.41, 5.74) is 0.605. The van der Waals surface area contributed by atoms with E-state index >= 15 is 0 Å². The van der Waals surface area contributed by atoms with Crippen LogP contribution in [0.4, 0.5) is 0 Å². The second-order valence-electron chi connectivity index (χ2n) is 4.87. The van der Waals surface area contributed by atoms with E-state index < -0.39 is 0 Å². The molecule has 0 aliphatic carbocycles. The second-order valence-corrected chi connectivity index (χ2v) is 4.87. The summed E-state index contributed by atoms with van der Waals surface area (Å²) in [5.74, 6) is 0.421. The van der Waals surface area contributed by atoms with Gasteiger partial charge in [-0.05, 0) is 25.5 Å². The lowest BCUT2D eigenvalue weighted by Gasteiger charge is -2.08. The molecule has 0 radical (unpaired) electrons. The van der Waals surface area contributed by atoms with Gasteiger partial charge in [0.05, 0.1) is 6.61 Å². The summed E-state index contributed by atoms with van der Waals surface area (Å²) in [6, 6.07) is 6.97. The maximum Gasteiger partial charge on any atom is 0.220 e. The third kappa shape index (κ3) is 7.42. The summed E-state index contributed by atoms with van der Waals surface area (Å²) in [6.07, 6.45) is 0.933. The van der Waals surface area contributed by atoms with E-state index in [0.717, 1.165) is 0 Å². The van der Waals surface area contributed by atoms with E-state index in [1.165, 1.54) is 13.8 Å². The van der Waals surface area contributed by atoms with Crippen LogP contribution in [0.5, 0.6) is 5.75 Å². The molecule has 120 valence electrons. The van der Waals surface area contributed by atoms with Crippen LogP contribution in [0.3, 0.4) is 0 Å². The van der Waals surface area contributed by atoms with E-state index in [1.54, 1.807) is 24.3 Å². The number of carbonyl (C=O) groups excluding carboxylic acids is 3. The Bertz CT molecular complexity index is 529. The summed E-state index contributed by atoms with van der Waals surface area (Å²) in [6.45, 7) is 4.18. The predicted octanol–water partition coefficient (Wildman–Crippen LogP) is 1.30. The first kappa shape index (κ1) is 17.7. The lowest BCUT2D eigenvalue weighted by Crippen LogP contribution is -2.33. The standard InChI is InChI=1S/C16H22N2O4/c1-12(19)14-5-3-6-15(11-14)22-10-4-7-16(21)18-9-8-17-13(2)20/h3,5-6,11H,4,7-10H2,1-2H3,(H,17,20)(H,18,21). The normalized spacial score (nSPS) is 9.91. The van der Waals surface area contributed by atoms with Gasteiger partial charge in [-0.25, -0.2) is 0 Å². The van der Waals surface area contributed by atoms with Gasteiger partial charge in [0.1, 0.15) is 5.75 Å². The molecule has 0 heterocycles. The van der Waals surface area contributed by atoms with E-state index in [9.17, 15) is 14.4 Å². The summed E-state index contributed by atoms with van der Waals surface area (Å²) in [7, 11) is 0. The Kier molecular flexibility index (Phi) is 7.67. The zero-order valence-electron chi connectivity index (χ0n) is 13.0. The highest BCUT2D eigenvalue weighted by Crippen LogP contribution is 2.14. The predicted molar refractivity (Wildman–Crippen MR) is 82.9 cm³/mol. The number of amides is 2. The highest BCUT2D eigenvalue weighted by atomic mass is 16.5. The Morgan fingerprint density at radius 3 is 2.50 bits per heavy atom. The lowest BCUT2D eigenvalue weighted by molar-refractivity contribution is -0.122. The number of hydrogen-bond acceptors (Lipinski definition) is 4. The fraction of sp³-hybridized carbons (Fsp3) is 0.438. The van der Waals surface area contributed by atoms with Gasteiger partial charge >= 0.3 is 0 Å². The van der Waals surface area contributed by atoms with Crippen LogP contribution in [-0.4, -0.2) is 37.3 Å². The number of nitrogens with one attached hydrogen (secondary N) is 2. The van der Waals surface area contributed by atoms with Gasteiger partial charge in [-0.3, -0.25) is 14.4 Å². The first-order chi connectivity index (χ1) is 10.5. The number of hydrogen-bond donors (Lipinski definition) is 2. The Hall–Kier alpha value is -2.37. The van der Waals surface area contributed by atoms with Crippen molar-refractivity contribution in [3.63, 3.8) is 0 Å². The monoisotopic (exact) mass is 306 g/mol. The number of benzene rings is 1. The number of ketones is 1. The minimum absolute atomic E-state index is 0.0102. The first-order valence-electron chi connectivity index (χ1n) is 7.24. The van der Waals surface area contributed by atoms with Gasteiger partial charge in [-0.1, -0.05) is 12.1 Å². The minimum Gasteiger partial charge on any atom is -0.494 e. The quantitative estimate of drug-likeness (QED) is 0.532. The molecule has 2 amide bonds. The van der Waals surface area contributed by atoms with Crippen LogP contribution in [0.25, 0.3) is 0 Å². The average molecular weight is 306 g/mol. The molecular formula is C16H22N2O4. The van der Waals surface area contributed by atoms with Crippen molar-refractivity contribution in [3.05, 3.63) is 29.8 Å². The molecule has 0 fully saturated rings. The SMILES string of the molecule is CC(=O)NCCNC(=O)CCCOc1cccc(C(C)=O)c1. The molecule has 1 aromatic rings. The van der Waals surface area contributed by atoms with E-state index in [1.807, 2.05) is 0 Å². The van der Waals surface area contributed by atoms with Crippen molar-refractivity contribution in [1.29, 1.82) is 0 Å². The molecule has 0 saturated heterocycles. The van der Waals surface area contributed by atoms with E-state index in [0.29, 0.717) is 43.9 Å². The van der Waals surface area contributed by atoms with Crippen molar-refractivity contribution >= 4 is 17.6 Å². The fourth-order valence-corrected chi connectivity index (χ4v) is 1.76. The molecule has 0 spiro atoms. The Balaban J connectivity index is 2.17. The maximum absolute atomic E-state index is 11.5. The van der Waals surface area contributed by atoms with Gasteiger partial charge in [0, 0.05) is 32.0 Å². The van der Waals surface area contributed by atoms with Crippen LogP contribution < -0.4 is 15.4 Å². The number of carbonyl (C=O) groups is 3.